The minimum atomic E-state index is -2.27. The number of hydrogen-bond acceptors (Lipinski definition) is 4. The summed E-state index contributed by atoms with van der Waals surface area (Å²) in [5, 5.41) is 8.06. The molecule has 0 saturated carbocycles. The SMILES string of the molecule is CCN(CC)C(=S)NN=C(C)C(=NNC(=S)N(CC)CC)c1c(F)c(F)c(F)c(F)c1F. The zero-order valence-electron chi connectivity index (χ0n) is 18.3. The molecule has 0 fully saturated rings. The van der Waals surface area contributed by atoms with E-state index in [0.717, 1.165) is 0 Å². The van der Waals surface area contributed by atoms with Crippen molar-refractivity contribution in [3.05, 3.63) is 34.6 Å². The maximum Gasteiger partial charge on any atom is 0.200 e. The molecule has 0 heterocycles. The van der Waals surface area contributed by atoms with Gasteiger partial charge in [0, 0.05) is 26.2 Å². The lowest BCUT2D eigenvalue weighted by molar-refractivity contribution is 0.377. The van der Waals surface area contributed by atoms with Crippen LogP contribution in [0.1, 0.15) is 40.2 Å². The number of nitrogens with one attached hydrogen (secondary N) is 2. The van der Waals surface area contributed by atoms with Gasteiger partial charge in [0.25, 0.3) is 0 Å². The molecule has 2 N–H and O–H groups in total. The van der Waals surface area contributed by atoms with Crippen LogP contribution in [0.4, 0.5) is 22.0 Å². The van der Waals surface area contributed by atoms with E-state index in [4.69, 9.17) is 24.4 Å². The fourth-order valence-corrected chi connectivity index (χ4v) is 3.19. The topological polar surface area (TPSA) is 55.3 Å². The highest BCUT2D eigenvalue weighted by Crippen LogP contribution is 2.24. The van der Waals surface area contributed by atoms with Crippen LogP contribution in [0.5, 0.6) is 0 Å². The van der Waals surface area contributed by atoms with Crippen molar-refractivity contribution in [1.29, 1.82) is 0 Å². The summed E-state index contributed by atoms with van der Waals surface area (Å²) in [4.78, 5) is 3.39. The fraction of sp³-hybridized carbons (Fsp3) is 0.474. The molecule has 0 atom stereocenters. The monoisotopic (exact) mass is 496 g/mol. The molecular weight excluding hydrogens is 471 g/mol. The van der Waals surface area contributed by atoms with Gasteiger partial charge in [-0.3, -0.25) is 10.9 Å². The summed E-state index contributed by atoms with van der Waals surface area (Å²) in [6.07, 6.45) is 0. The lowest BCUT2D eigenvalue weighted by atomic mass is 10.0. The summed E-state index contributed by atoms with van der Waals surface area (Å²) in [5.74, 6) is -10.6. The summed E-state index contributed by atoms with van der Waals surface area (Å²) in [5.41, 5.74) is 2.88. The standard InChI is InChI=1S/C19H25F5N6S2/c1-6-29(7-2)18(31)27-25-10(5)17(26-28-19(32)30(8-3)9-4)11-12(20)14(22)16(24)15(23)13(11)21/h6-9H2,1-5H3,(H,27,31)(H,28,32). The third-order valence-electron chi connectivity index (χ3n) is 4.47. The quantitative estimate of drug-likeness (QED) is 0.142. The van der Waals surface area contributed by atoms with Crippen LogP contribution in [0.15, 0.2) is 10.2 Å². The zero-order valence-corrected chi connectivity index (χ0v) is 20.0. The molecule has 1 rings (SSSR count). The van der Waals surface area contributed by atoms with Gasteiger partial charge in [-0.2, -0.15) is 10.2 Å². The summed E-state index contributed by atoms with van der Waals surface area (Å²) in [7, 11) is 0. The van der Waals surface area contributed by atoms with Gasteiger partial charge in [0.2, 0.25) is 5.82 Å². The van der Waals surface area contributed by atoms with Crippen LogP contribution >= 0.6 is 24.4 Å². The van der Waals surface area contributed by atoms with Crippen LogP contribution in [-0.4, -0.2) is 57.6 Å². The van der Waals surface area contributed by atoms with Crippen molar-refractivity contribution in [3.63, 3.8) is 0 Å². The molecule has 32 heavy (non-hydrogen) atoms. The predicted molar refractivity (Wildman–Crippen MR) is 123 cm³/mol. The van der Waals surface area contributed by atoms with Gasteiger partial charge in [0.1, 0.15) is 5.71 Å². The van der Waals surface area contributed by atoms with Crippen LogP contribution in [0.3, 0.4) is 0 Å². The molecule has 0 radical (unpaired) electrons. The van der Waals surface area contributed by atoms with Crippen molar-refractivity contribution >= 4 is 46.1 Å². The summed E-state index contributed by atoms with van der Waals surface area (Å²) >= 11 is 10.4. The van der Waals surface area contributed by atoms with E-state index in [9.17, 15) is 22.0 Å². The summed E-state index contributed by atoms with van der Waals surface area (Å²) in [6.45, 7) is 10.8. The Bertz CT molecular complexity index is 885. The van der Waals surface area contributed by atoms with Crippen molar-refractivity contribution in [1.82, 2.24) is 20.7 Å². The van der Waals surface area contributed by atoms with Gasteiger partial charge in [0.05, 0.1) is 11.3 Å². The lowest BCUT2D eigenvalue weighted by Crippen LogP contribution is -2.39. The highest BCUT2D eigenvalue weighted by atomic mass is 32.1. The summed E-state index contributed by atoms with van der Waals surface area (Å²) in [6, 6.07) is 0. The number of halogens is 5. The van der Waals surface area contributed by atoms with Gasteiger partial charge in [0.15, 0.2) is 33.5 Å². The smallest absolute Gasteiger partial charge is 0.200 e. The molecule has 1 aromatic rings. The zero-order chi connectivity index (χ0) is 24.6. The van der Waals surface area contributed by atoms with E-state index in [1.165, 1.54) is 6.92 Å². The second kappa shape index (κ2) is 12.6. The molecular formula is C19H25F5N6S2. The van der Waals surface area contributed by atoms with E-state index in [2.05, 4.69) is 21.1 Å². The number of hydrazone groups is 2. The molecule has 0 aliphatic heterocycles. The molecule has 13 heteroatoms. The molecule has 0 unspecified atom stereocenters. The highest BCUT2D eigenvalue weighted by molar-refractivity contribution is 7.80. The minimum Gasteiger partial charge on any atom is -0.348 e. The molecule has 0 amide bonds. The Morgan fingerprint density at radius 1 is 0.688 bits per heavy atom. The number of benzene rings is 1. The first-order valence-electron chi connectivity index (χ1n) is 9.79. The van der Waals surface area contributed by atoms with Crippen molar-refractivity contribution in [2.24, 2.45) is 10.2 Å². The van der Waals surface area contributed by atoms with Crippen molar-refractivity contribution in [2.75, 3.05) is 26.2 Å². The Labute approximate surface area is 194 Å². The van der Waals surface area contributed by atoms with Crippen LogP contribution in [0.25, 0.3) is 0 Å². The molecule has 0 aliphatic rings. The van der Waals surface area contributed by atoms with E-state index in [-0.39, 0.29) is 15.9 Å². The maximum absolute atomic E-state index is 14.5. The first kappa shape index (κ1) is 27.6. The maximum atomic E-state index is 14.5. The molecule has 178 valence electrons. The van der Waals surface area contributed by atoms with Crippen LogP contribution in [0.2, 0.25) is 0 Å². The number of hydrogen-bond donors (Lipinski definition) is 2. The minimum absolute atomic E-state index is 0.0933. The normalized spacial score (nSPS) is 11.9. The predicted octanol–water partition coefficient (Wildman–Crippen LogP) is 3.89. The van der Waals surface area contributed by atoms with Gasteiger partial charge in [-0.05, 0) is 59.1 Å². The van der Waals surface area contributed by atoms with E-state index >= 15 is 0 Å². The number of thiocarbonyl (C=S) groups is 2. The average molecular weight is 497 g/mol. The molecule has 6 nitrogen and oxygen atoms in total. The van der Waals surface area contributed by atoms with Gasteiger partial charge < -0.3 is 9.80 Å². The molecule has 0 aromatic heterocycles. The van der Waals surface area contributed by atoms with Crippen molar-refractivity contribution < 1.29 is 22.0 Å². The van der Waals surface area contributed by atoms with Gasteiger partial charge >= 0.3 is 0 Å². The van der Waals surface area contributed by atoms with Gasteiger partial charge in [-0.1, -0.05) is 0 Å². The van der Waals surface area contributed by atoms with Crippen LogP contribution < -0.4 is 10.9 Å². The van der Waals surface area contributed by atoms with E-state index in [1.54, 1.807) is 9.80 Å². The van der Waals surface area contributed by atoms with Crippen LogP contribution in [-0.2, 0) is 0 Å². The molecule has 0 aliphatic carbocycles. The summed E-state index contributed by atoms with van der Waals surface area (Å²) < 4.78 is 70.1. The van der Waals surface area contributed by atoms with Gasteiger partial charge in [-0.25, -0.2) is 22.0 Å². The molecule has 1 aromatic carbocycles. The number of rotatable bonds is 8. The highest BCUT2D eigenvalue weighted by Gasteiger charge is 2.30. The van der Waals surface area contributed by atoms with E-state index in [0.29, 0.717) is 26.2 Å². The second-order valence-corrected chi connectivity index (χ2v) is 7.05. The second-order valence-electron chi connectivity index (χ2n) is 6.28. The van der Waals surface area contributed by atoms with Crippen molar-refractivity contribution in [3.8, 4) is 0 Å². The fourth-order valence-electron chi connectivity index (χ4n) is 2.58. The molecule has 0 spiro atoms. The Balaban J connectivity index is 3.54. The van der Waals surface area contributed by atoms with Crippen molar-refractivity contribution in [2.45, 2.75) is 34.6 Å². The third kappa shape index (κ3) is 6.31. The largest absolute Gasteiger partial charge is 0.348 e. The van der Waals surface area contributed by atoms with Gasteiger partial charge in [-0.15, -0.1) is 0 Å². The first-order valence-corrected chi connectivity index (χ1v) is 10.6. The Hall–Kier alpha value is -2.41. The Kier molecular flexibility index (Phi) is 10.9. The lowest BCUT2D eigenvalue weighted by Gasteiger charge is -2.22. The average Bonchev–Trinajstić information content (AvgIpc) is 2.78. The Morgan fingerprint density at radius 3 is 1.41 bits per heavy atom. The third-order valence-corrected chi connectivity index (χ3v) is 5.17. The van der Waals surface area contributed by atoms with E-state index < -0.39 is 40.4 Å². The molecule has 0 saturated heterocycles. The van der Waals surface area contributed by atoms with Crippen LogP contribution in [0, 0.1) is 29.1 Å². The number of nitrogens with zero attached hydrogens (tertiary/aromatic N) is 4. The molecule has 0 bridgehead atoms. The van der Waals surface area contributed by atoms with E-state index in [1.807, 2.05) is 27.7 Å². The Morgan fingerprint density at radius 2 is 1.03 bits per heavy atom. The first-order chi connectivity index (χ1) is 15.0.